The van der Waals surface area contributed by atoms with Crippen molar-refractivity contribution in [3.05, 3.63) is 24.6 Å². The smallest absolute Gasteiger partial charge is 0.0240 e. The Balaban J connectivity index is 2.68. The highest BCUT2D eigenvalue weighted by Gasteiger charge is 1.70. The fourth-order valence-corrected chi connectivity index (χ4v) is 0.498. The second-order valence-corrected chi connectivity index (χ2v) is 1.78. The largest absolute Gasteiger partial charge is 0.257 e. The monoisotopic (exact) mass is 115 g/mol. The van der Waals surface area contributed by atoms with Crippen molar-refractivity contribution in [3.63, 3.8) is 0 Å². The molecular weight excluding hydrogens is 106 g/mol. The first-order valence-corrected chi connectivity index (χ1v) is 2.90. The molecule has 0 aliphatic carbocycles. The molecule has 0 saturated carbocycles. The van der Waals surface area contributed by atoms with Gasteiger partial charge in [-0.25, -0.2) is 0 Å². The van der Waals surface area contributed by atoms with E-state index < -0.39 is 0 Å². The van der Waals surface area contributed by atoms with Crippen molar-refractivity contribution in [2.75, 3.05) is 6.54 Å². The standard InChI is InChI=1S/C5H9NS/c1-3-5-6-7-4-2/h3-4,6H,1-2,5H2. The number of hydrogen-bond donors (Lipinski definition) is 1. The summed E-state index contributed by atoms with van der Waals surface area (Å²) in [6, 6.07) is 0. The molecule has 0 aromatic carbocycles. The van der Waals surface area contributed by atoms with E-state index >= 15 is 0 Å². The fourth-order valence-electron chi connectivity index (χ4n) is 0.166. The molecule has 1 nitrogen and oxygen atoms in total. The van der Waals surface area contributed by atoms with E-state index in [4.69, 9.17) is 0 Å². The third-order valence-electron chi connectivity index (χ3n) is 0.394. The SMILES string of the molecule is C=CCNSC=C. The topological polar surface area (TPSA) is 12.0 Å². The van der Waals surface area contributed by atoms with Crippen LogP contribution in [0.2, 0.25) is 0 Å². The van der Waals surface area contributed by atoms with Crippen molar-refractivity contribution < 1.29 is 0 Å². The van der Waals surface area contributed by atoms with Gasteiger partial charge in [0.05, 0.1) is 0 Å². The molecular formula is C5H9NS. The normalized spacial score (nSPS) is 8.00. The van der Waals surface area contributed by atoms with E-state index in [1.54, 1.807) is 11.5 Å². The maximum Gasteiger partial charge on any atom is 0.0240 e. The molecule has 0 aliphatic rings. The zero-order valence-corrected chi connectivity index (χ0v) is 5.00. The van der Waals surface area contributed by atoms with Gasteiger partial charge in [-0.1, -0.05) is 24.6 Å². The molecule has 0 fully saturated rings. The highest BCUT2D eigenvalue weighted by atomic mass is 32.2. The molecule has 0 atom stereocenters. The minimum atomic E-state index is 0.830. The van der Waals surface area contributed by atoms with Gasteiger partial charge in [-0.05, 0) is 5.41 Å². The van der Waals surface area contributed by atoms with Crippen molar-refractivity contribution in [2.24, 2.45) is 0 Å². The molecule has 2 heteroatoms. The van der Waals surface area contributed by atoms with Crippen molar-refractivity contribution >= 4 is 11.9 Å². The summed E-state index contributed by atoms with van der Waals surface area (Å²) in [5.74, 6) is 0. The van der Waals surface area contributed by atoms with E-state index in [2.05, 4.69) is 17.9 Å². The number of rotatable bonds is 4. The van der Waals surface area contributed by atoms with Gasteiger partial charge in [-0.3, -0.25) is 4.72 Å². The van der Waals surface area contributed by atoms with Gasteiger partial charge in [0, 0.05) is 6.54 Å². The van der Waals surface area contributed by atoms with Gasteiger partial charge in [0.25, 0.3) is 0 Å². The van der Waals surface area contributed by atoms with Crippen LogP contribution in [0.15, 0.2) is 24.6 Å². The fraction of sp³-hybridized carbons (Fsp3) is 0.200. The molecule has 0 unspecified atom stereocenters. The van der Waals surface area contributed by atoms with Crippen LogP contribution in [0.25, 0.3) is 0 Å². The van der Waals surface area contributed by atoms with Crippen LogP contribution in [-0.2, 0) is 0 Å². The Hall–Kier alpha value is -0.210. The molecule has 0 aromatic heterocycles. The summed E-state index contributed by atoms with van der Waals surface area (Å²) in [7, 11) is 0. The van der Waals surface area contributed by atoms with Crippen LogP contribution < -0.4 is 4.72 Å². The molecule has 0 heterocycles. The first-order chi connectivity index (χ1) is 3.41. The van der Waals surface area contributed by atoms with Gasteiger partial charge >= 0.3 is 0 Å². The molecule has 0 spiro atoms. The summed E-state index contributed by atoms with van der Waals surface area (Å²) < 4.78 is 2.97. The lowest BCUT2D eigenvalue weighted by molar-refractivity contribution is 1.14. The Morgan fingerprint density at radius 3 is 2.71 bits per heavy atom. The van der Waals surface area contributed by atoms with Crippen LogP contribution in [0.1, 0.15) is 0 Å². The van der Waals surface area contributed by atoms with E-state index in [-0.39, 0.29) is 0 Å². The minimum absolute atomic E-state index is 0.830. The van der Waals surface area contributed by atoms with Crippen LogP contribution in [0.4, 0.5) is 0 Å². The van der Waals surface area contributed by atoms with Crippen molar-refractivity contribution in [1.82, 2.24) is 4.72 Å². The average Bonchev–Trinajstić information content (AvgIpc) is 1.69. The molecule has 0 aliphatic heterocycles. The minimum Gasteiger partial charge on any atom is -0.257 e. The Kier molecular flexibility index (Phi) is 5.62. The Bertz CT molecular complexity index is 53.1. The van der Waals surface area contributed by atoms with Gasteiger partial charge in [0.1, 0.15) is 0 Å². The van der Waals surface area contributed by atoms with Gasteiger partial charge in [-0.15, -0.1) is 6.58 Å². The molecule has 0 bridgehead atoms. The molecule has 0 saturated heterocycles. The lowest BCUT2D eigenvalue weighted by atomic mass is 10.7. The molecule has 0 rings (SSSR count). The van der Waals surface area contributed by atoms with Crippen LogP contribution in [0, 0.1) is 0 Å². The second-order valence-electron chi connectivity index (χ2n) is 0.922. The van der Waals surface area contributed by atoms with Gasteiger partial charge in [0.15, 0.2) is 0 Å². The maximum atomic E-state index is 3.52. The second kappa shape index (κ2) is 5.79. The van der Waals surface area contributed by atoms with E-state index in [0.29, 0.717) is 0 Å². The third kappa shape index (κ3) is 5.79. The molecule has 0 radical (unpaired) electrons. The van der Waals surface area contributed by atoms with Gasteiger partial charge < -0.3 is 0 Å². The first kappa shape index (κ1) is 6.79. The van der Waals surface area contributed by atoms with E-state index in [1.165, 1.54) is 11.9 Å². The summed E-state index contributed by atoms with van der Waals surface area (Å²) >= 11 is 1.48. The highest BCUT2D eigenvalue weighted by molar-refractivity contribution is 8.00. The molecule has 0 aromatic rings. The zero-order chi connectivity index (χ0) is 5.54. The quantitative estimate of drug-likeness (QED) is 0.339. The van der Waals surface area contributed by atoms with Crippen LogP contribution >= 0.6 is 11.9 Å². The predicted molar refractivity (Wildman–Crippen MR) is 36.0 cm³/mol. The Labute approximate surface area is 48.6 Å². The molecule has 1 N–H and O–H groups in total. The van der Waals surface area contributed by atoms with Crippen molar-refractivity contribution in [1.29, 1.82) is 0 Å². The number of nitrogens with one attached hydrogen (secondary N) is 1. The predicted octanol–water partition coefficient (Wildman–Crippen LogP) is 1.55. The van der Waals surface area contributed by atoms with E-state index in [1.807, 2.05) is 0 Å². The summed E-state index contributed by atoms with van der Waals surface area (Å²) in [6.07, 6.45) is 1.80. The van der Waals surface area contributed by atoms with Gasteiger partial charge in [0.2, 0.25) is 0 Å². The third-order valence-corrected chi connectivity index (χ3v) is 0.894. The summed E-state index contributed by atoms with van der Waals surface area (Å²) in [6.45, 7) is 7.85. The van der Waals surface area contributed by atoms with Crippen molar-refractivity contribution in [2.45, 2.75) is 0 Å². The average molecular weight is 115 g/mol. The van der Waals surface area contributed by atoms with Crippen molar-refractivity contribution in [3.8, 4) is 0 Å². The molecule has 7 heavy (non-hydrogen) atoms. The molecule has 40 valence electrons. The van der Waals surface area contributed by atoms with E-state index in [0.717, 1.165) is 6.54 Å². The Morgan fingerprint density at radius 2 is 2.29 bits per heavy atom. The molecule has 0 amide bonds. The Morgan fingerprint density at radius 1 is 1.57 bits per heavy atom. The van der Waals surface area contributed by atoms with Crippen LogP contribution in [-0.4, -0.2) is 6.54 Å². The van der Waals surface area contributed by atoms with Crippen LogP contribution in [0.5, 0.6) is 0 Å². The summed E-state index contributed by atoms with van der Waals surface area (Å²) in [5, 5.41) is 1.74. The lowest BCUT2D eigenvalue weighted by Gasteiger charge is -1.88. The van der Waals surface area contributed by atoms with Crippen LogP contribution in [0.3, 0.4) is 0 Å². The number of hydrogen-bond acceptors (Lipinski definition) is 2. The zero-order valence-electron chi connectivity index (χ0n) is 4.18. The van der Waals surface area contributed by atoms with E-state index in [9.17, 15) is 0 Å². The highest BCUT2D eigenvalue weighted by Crippen LogP contribution is 1.88. The summed E-state index contributed by atoms with van der Waals surface area (Å²) in [5.41, 5.74) is 0. The summed E-state index contributed by atoms with van der Waals surface area (Å²) in [4.78, 5) is 0. The van der Waals surface area contributed by atoms with Gasteiger partial charge in [-0.2, -0.15) is 0 Å². The first-order valence-electron chi connectivity index (χ1n) is 2.02. The lowest BCUT2D eigenvalue weighted by Crippen LogP contribution is -1.98. The maximum absolute atomic E-state index is 3.52.